The van der Waals surface area contributed by atoms with E-state index >= 15 is 0 Å². The van der Waals surface area contributed by atoms with Gasteiger partial charge in [0.05, 0.1) is 17.6 Å². The summed E-state index contributed by atoms with van der Waals surface area (Å²) in [5.74, 6) is -1.71. The fourth-order valence-corrected chi connectivity index (χ4v) is 4.47. The first-order valence-corrected chi connectivity index (χ1v) is 11.3. The Morgan fingerprint density at radius 2 is 1.86 bits per heavy atom. The van der Waals surface area contributed by atoms with E-state index in [1.54, 1.807) is 29.7 Å². The quantitative estimate of drug-likeness (QED) is 0.292. The first kappa shape index (κ1) is 22.4. The Balaban J connectivity index is 1.31. The molecule has 10 heteroatoms. The molecule has 0 fully saturated rings. The van der Waals surface area contributed by atoms with E-state index in [0.29, 0.717) is 18.2 Å². The molecule has 0 saturated heterocycles. The number of halogens is 2. The van der Waals surface area contributed by atoms with E-state index in [-0.39, 0.29) is 11.3 Å². The highest BCUT2D eigenvalue weighted by molar-refractivity contribution is 7.15. The van der Waals surface area contributed by atoms with Crippen LogP contribution in [-0.2, 0) is 6.54 Å². The molecule has 4 N–H and O–H groups in total. The number of aromatic nitrogens is 3. The molecule has 0 atom stereocenters. The third-order valence-corrected chi connectivity index (χ3v) is 6.41. The van der Waals surface area contributed by atoms with Crippen LogP contribution in [0.3, 0.4) is 0 Å². The number of fused-ring (bicyclic) bond motifs is 1. The van der Waals surface area contributed by atoms with Crippen molar-refractivity contribution < 1.29 is 13.6 Å². The number of nitrogens with one attached hydrogen (secondary N) is 2. The second kappa shape index (κ2) is 9.43. The van der Waals surface area contributed by atoms with Crippen molar-refractivity contribution in [2.45, 2.75) is 6.54 Å². The molecule has 0 spiro atoms. The number of benzene rings is 2. The zero-order chi connectivity index (χ0) is 24.4. The minimum absolute atomic E-state index is 0.146. The third-order valence-electron chi connectivity index (χ3n) is 5.27. The Morgan fingerprint density at radius 3 is 2.71 bits per heavy atom. The van der Waals surface area contributed by atoms with Crippen LogP contribution in [0.15, 0.2) is 73.2 Å². The van der Waals surface area contributed by atoms with Crippen LogP contribution in [0.2, 0.25) is 0 Å². The molecule has 0 bridgehead atoms. The molecule has 2 aromatic carbocycles. The molecule has 0 saturated carbocycles. The molecule has 1 amide bonds. The third kappa shape index (κ3) is 4.78. The van der Waals surface area contributed by atoms with E-state index in [1.807, 2.05) is 30.3 Å². The lowest BCUT2D eigenvalue weighted by Gasteiger charge is -2.11. The molecule has 3 aromatic heterocycles. The second-order valence-electron chi connectivity index (χ2n) is 7.59. The summed E-state index contributed by atoms with van der Waals surface area (Å²) in [7, 11) is 0. The largest absolute Gasteiger partial charge is 0.383 e. The van der Waals surface area contributed by atoms with Crippen molar-refractivity contribution in [2.75, 3.05) is 16.4 Å². The van der Waals surface area contributed by atoms with Gasteiger partial charge in [-0.05, 0) is 54.1 Å². The average molecular weight is 489 g/mol. The average Bonchev–Trinajstić information content (AvgIpc) is 3.34. The first-order valence-electron chi connectivity index (χ1n) is 10.5. The predicted molar refractivity (Wildman–Crippen MR) is 133 cm³/mol. The van der Waals surface area contributed by atoms with Gasteiger partial charge in [0, 0.05) is 33.1 Å². The van der Waals surface area contributed by atoms with Crippen LogP contribution < -0.4 is 16.4 Å². The number of nitrogen functional groups attached to an aromatic ring is 1. The summed E-state index contributed by atoms with van der Waals surface area (Å²) in [6, 6.07) is 16.3. The van der Waals surface area contributed by atoms with Crippen molar-refractivity contribution in [3.8, 4) is 10.4 Å². The number of amides is 1. The zero-order valence-electron chi connectivity index (χ0n) is 18.1. The Bertz CT molecular complexity index is 1550. The molecule has 5 rings (SSSR count). The number of nitrogens with two attached hydrogens (primary N) is 1. The maximum absolute atomic E-state index is 13.5. The summed E-state index contributed by atoms with van der Waals surface area (Å²) in [5.41, 5.74) is 8.19. The predicted octanol–water partition coefficient (Wildman–Crippen LogP) is 5.48. The van der Waals surface area contributed by atoms with E-state index in [9.17, 15) is 13.6 Å². The Morgan fingerprint density at radius 1 is 0.971 bits per heavy atom. The molecule has 35 heavy (non-hydrogen) atoms. The van der Waals surface area contributed by atoms with Crippen molar-refractivity contribution in [3.63, 3.8) is 0 Å². The van der Waals surface area contributed by atoms with Gasteiger partial charge < -0.3 is 16.4 Å². The summed E-state index contributed by atoms with van der Waals surface area (Å²) in [4.78, 5) is 27.4. The maximum atomic E-state index is 13.5. The molecule has 0 aliphatic heterocycles. The van der Waals surface area contributed by atoms with Gasteiger partial charge in [0.15, 0.2) is 11.6 Å². The van der Waals surface area contributed by atoms with Gasteiger partial charge in [-0.15, -0.1) is 11.3 Å². The molecule has 0 unspecified atom stereocenters. The summed E-state index contributed by atoms with van der Waals surface area (Å²) >= 11 is 1.59. The van der Waals surface area contributed by atoms with Gasteiger partial charge in [-0.2, -0.15) is 0 Å². The number of carbonyl (C=O) groups excluding carboxylic acids is 1. The zero-order valence-corrected chi connectivity index (χ0v) is 18.9. The van der Waals surface area contributed by atoms with Crippen LogP contribution in [0.1, 0.15) is 15.2 Å². The van der Waals surface area contributed by atoms with E-state index in [1.165, 1.54) is 12.4 Å². The molecular formula is C25H18F2N6OS. The van der Waals surface area contributed by atoms with Crippen LogP contribution in [0.5, 0.6) is 0 Å². The van der Waals surface area contributed by atoms with Crippen LogP contribution >= 0.6 is 11.3 Å². The topological polar surface area (TPSA) is 106 Å². The number of nitrogens with zero attached hydrogens (tertiary/aromatic N) is 3. The minimum atomic E-state index is -1.04. The van der Waals surface area contributed by atoms with Gasteiger partial charge in [0.1, 0.15) is 18.0 Å². The highest BCUT2D eigenvalue weighted by atomic mass is 32.1. The Kier molecular flexibility index (Phi) is 6.02. The normalized spacial score (nSPS) is 10.9. The fraction of sp³-hybridized carbons (Fsp3) is 0.0400. The van der Waals surface area contributed by atoms with E-state index in [0.717, 1.165) is 38.4 Å². The number of hydrogen-bond acceptors (Lipinski definition) is 7. The number of anilines is 3. The van der Waals surface area contributed by atoms with Gasteiger partial charge >= 0.3 is 0 Å². The first-order chi connectivity index (χ1) is 17.0. The maximum Gasteiger partial charge on any atom is 0.259 e. The van der Waals surface area contributed by atoms with Gasteiger partial charge in [0.25, 0.3) is 5.91 Å². The molecule has 174 valence electrons. The summed E-state index contributed by atoms with van der Waals surface area (Å²) < 4.78 is 26.6. The number of rotatable bonds is 6. The summed E-state index contributed by atoms with van der Waals surface area (Å²) in [6.45, 7) is 0.436. The van der Waals surface area contributed by atoms with Gasteiger partial charge in [-0.25, -0.2) is 23.7 Å². The van der Waals surface area contributed by atoms with Crippen LogP contribution in [0, 0.1) is 11.6 Å². The van der Waals surface area contributed by atoms with E-state index < -0.39 is 17.5 Å². The lowest BCUT2D eigenvalue weighted by atomic mass is 10.1. The van der Waals surface area contributed by atoms with Crippen molar-refractivity contribution in [1.29, 1.82) is 0 Å². The van der Waals surface area contributed by atoms with Crippen LogP contribution in [-0.4, -0.2) is 20.9 Å². The fourth-order valence-electron chi connectivity index (χ4n) is 3.53. The molecule has 0 aliphatic rings. The molecular weight excluding hydrogens is 470 g/mol. The van der Waals surface area contributed by atoms with E-state index in [2.05, 4.69) is 25.6 Å². The van der Waals surface area contributed by atoms with Crippen LogP contribution in [0.25, 0.3) is 21.3 Å². The lowest BCUT2D eigenvalue weighted by molar-refractivity contribution is 0.102. The van der Waals surface area contributed by atoms with Gasteiger partial charge in [-0.3, -0.25) is 4.79 Å². The SMILES string of the molecule is Nc1ncnc2ccc(-c3ccc(CNc4ncccc4C(=O)Nc4ccc(F)c(F)c4)s3)cc12. The smallest absolute Gasteiger partial charge is 0.259 e. The highest BCUT2D eigenvalue weighted by Crippen LogP contribution is 2.31. The molecule has 7 nitrogen and oxygen atoms in total. The monoisotopic (exact) mass is 488 g/mol. The highest BCUT2D eigenvalue weighted by Gasteiger charge is 2.14. The number of carbonyl (C=O) groups is 1. The second-order valence-corrected chi connectivity index (χ2v) is 8.76. The lowest BCUT2D eigenvalue weighted by Crippen LogP contribution is -2.15. The van der Waals surface area contributed by atoms with Gasteiger partial charge in [0.2, 0.25) is 0 Å². The molecule has 3 heterocycles. The number of thiophene rings is 1. The molecule has 0 aliphatic carbocycles. The van der Waals surface area contributed by atoms with Crippen molar-refractivity contribution in [3.05, 3.63) is 95.3 Å². The number of hydrogen-bond donors (Lipinski definition) is 3. The van der Waals surface area contributed by atoms with Crippen molar-refractivity contribution in [2.24, 2.45) is 0 Å². The Hall–Kier alpha value is -4.44. The Labute approximate surface area is 202 Å². The molecule has 0 radical (unpaired) electrons. The summed E-state index contributed by atoms with van der Waals surface area (Å²) in [6.07, 6.45) is 3.01. The molecule has 5 aromatic rings. The van der Waals surface area contributed by atoms with Gasteiger partial charge in [-0.1, -0.05) is 6.07 Å². The van der Waals surface area contributed by atoms with Crippen LogP contribution in [0.4, 0.5) is 26.1 Å². The van der Waals surface area contributed by atoms with E-state index in [4.69, 9.17) is 5.73 Å². The minimum Gasteiger partial charge on any atom is -0.383 e. The van der Waals surface area contributed by atoms with Crippen molar-refractivity contribution >= 4 is 45.5 Å². The van der Waals surface area contributed by atoms with Crippen molar-refractivity contribution in [1.82, 2.24) is 15.0 Å². The summed E-state index contributed by atoms with van der Waals surface area (Å²) in [5, 5.41) is 6.55. The standard InChI is InChI=1S/C25H18F2N6OS/c26-19-6-4-15(11-20(19)27)33-25(34)17-2-1-9-29-24(17)30-12-16-5-8-22(35-16)14-3-7-21-18(10-14)23(28)32-13-31-21/h1-11,13H,12H2,(H,29,30)(H,33,34)(H2,28,31,32). The number of pyridine rings is 1.